The standard InChI is InChI=1S/C10H20ClNO3S/c1-8(6-11)7-16(13,14)12-10-3-4-15-9(2)5-10/h8-10,12H,3-7H2,1-2H3. The summed E-state index contributed by atoms with van der Waals surface area (Å²) in [4.78, 5) is 0. The van der Waals surface area contributed by atoms with Gasteiger partial charge >= 0.3 is 0 Å². The molecule has 1 aliphatic rings. The quantitative estimate of drug-likeness (QED) is 0.767. The van der Waals surface area contributed by atoms with E-state index in [1.165, 1.54) is 0 Å². The first-order valence-electron chi connectivity index (χ1n) is 5.60. The van der Waals surface area contributed by atoms with Crippen LogP contribution in [0.4, 0.5) is 0 Å². The predicted molar refractivity (Wildman–Crippen MR) is 65.2 cm³/mol. The van der Waals surface area contributed by atoms with E-state index in [0.717, 1.165) is 12.8 Å². The molecule has 16 heavy (non-hydrogen) atoms. The van der Waals surface area contributed by atoms with Crippen LogP contribution in [0.5, 0.6) is 0 Å². The van der Waals surface area contributed by atoms with Crippen LogP contribution in [0.3, 0.4) is 0 Å². The molecule has 1 fully saturated rings. The Morgan fingerprint density at radius 3 is 2.81 bits per heavy atom. The molecule has 0 aromatic carbocycles. The average Bonchev–Trinajstić information content (AvgIpc) is 2.15. The molecule has 0 aliphatic carbocycles. The van der Waals surface area contributed by atoms with E-state index >= 15 is 0 Å². The first kappa shape index (κ1) is 14.2. The van der Waals surface area contributed by atoms with Gasteiger partial charge in [-0.25, -0.2) is 13.1 Å². The maximum atomic E-state index is 11.8. The highest BCUT2D eigenvalue weighted by Crippen LogP contribution is 2.14. The molecule has 4 nitrogen and oxygen atoms in total. The van der Waals surface area contributed by atoms with Crippen molar-refractivity contribution < 1.29 is 13.2 Å². The second kappa shape index (κ2) is 6.19. The summed E-state index contributed by atoms with van der Waals surface area (Å²) in [6.45, 7) is 4.42. The summed E-state index contributed by atoms with van der Waals surface area (Å²) in [5.41, 5.74) is 0. The van der Waals surface area contributed by atoms with Crippen molar-refractivity contribution in [3.63, 3.8) is 0 Å². The van der Waals surface area contributed by atoms with Gasteiger partial charge in [0.05, 0.1) is 11.9 Å². The Labute approximate surface area is 103 Å². The van der Waals surface area contributed by atoms with E-state index in [0.29, 0.717) is 12.5 Å². The Bertz CT molecular complexity index is 307. The molecule has 1 rings (SSSR count). The van der Waals surface area contributed by atoms with Crippen molar-refractivity contribution >= 4 is 21.6 Å². The van der Waals surface area contributed by atoms with Crippen LogP contribution < -0.4 is 4.72 Å². The van der Waals surface area contributed by atoms with Gasteiger partial charge in [0.2, 0.25) is 10.0 Å². The Kier molecular flexibility index (Phi) is 5.50. The minimum absolute atomic E-state index is 0.0104. The first-order chi connectivity index (χ1) is 7.43. The number of halogens is 1. The Morgan fingerprint density at radius 1 is 1.56 bits per heavy atom. The van der Waals surface area contributed by atoms with Crippen LogP contribution in [0.15, 0.2) is 0 Å². The second-order valence-corrected chi connectivity index (χ2v) is 6.67. The Hall–Kier alpha value is 0.160. The van der Waals surface area contributed by atoms with Gasteiger partial charge in [0.25, 0.3) is 0 Å². The first-order valence-corrected chi connectivity index (χ1v) is 7.79. The third kappa shape index (κ3) is 4.99. The molecule has 0 radical (unpaired) electrons. The van der Waals surface area contributed by atoms with Crippen molar-refractivity contribution in [3.05, 3.63) is 0 Å². The maximum Gasteiger partial charge on any atom is 0.212 e. The molecular weight excluding hydrogens is 250 g/mol. The molecule has 0 amide bonds. The molecule has 0 aromatic heterocycles. The minimum Gasteiger partial charge on any atom is -0.378 e. The highest BCUT2D eigenvalue weighted by molar-refractivity contribution is 7.89. The number of hydrogen-bond donors (Lipinski definition) is 1. The van der Waals surface area contributed by atoms with E-state index in [2.05, 4.69) is 4.72 Å². The van der Waals surface area contributed by atoms with Crippen molar-refractivity contribution in [1.82, 2.24) is 4.72 Å². The lowest BCUT2D eigenvalue weighted by atomic mass is 10.1. The van der Waals surface area contributed by atoms with E-state index in [9.17, 15) is 8.42 Å². The molecule has 0 spiro atoms. The summed E-state index contributed by atoms with van der Waals surface area (Å²) >= 11 is 5.61. The SMILES string of the molecule is CC(CCl)CS(=O)(=O)NC1CCOC(C)C1. The number of nitrogens with one attached hydrogen (secondary N) is 1. The molecule has 0 bridgehead atoms. The van der Waals surface area contributed by atoms with Gasteiger partial charge in [0, 0.05) is 18.5 Å². The lowest BCUT2D eigenvalue weighted by molar-refractivity contribution is 0.0173. The largest absolute Gasteiger partial charge is 0.378 e. The average molecular weight is 270 g/mol. The molecule has 3 unspecified atom stereocenters. The third-order valence-electron chi connectivity index (χ3n) is 2.60. The van der Waals surface area contributed by atoms with Gasteiger partial charge in [-0.3, -0.25) is 0 Å². The summed E-state index contributed by atoms with van der Waals surface area (Å²) in [7, 11) is -3.21. The maximum absolute atomic E-state index is 11.8. The van der Waals surface area contributed by atoms with E-state index in [4.69, 9.17) is 16.3 Å². The number of rotatable bonds is 5. The fourth-order valence-electron chi connectivity index (χ4n) is 1.83. The second-order valence-electron chi connectivity index (χ2n) is 4.56. The van der Waals surface area contributed by atoms with Gasteiger partial charge in [-0.05, 0) is 25.7 Å². The fraction of sp³-hybridized carbons (Fsp3) is 1.00. The lowest BCUT2D eigenvalue weighted by Gasteiger charge is -2.28. The number of alkyl halides is 1. The molecule has 0 saturated carbocycles. The molecule has 1 heterocycles. The third-order valence-corrected chi connectivity index (χ3v) is 4.83. The number of ether oxygens (including phenoxy) is 1. The molecule has 1 aliphatic heterocycles. The smallest absolute Gasteiger partial charge is 0.212 e. The summed E-state index contributed by atoms with van der Waals surface area (Å²) < 4.78 is 31.6. The summed E-state index contributed by atoms with van der Waals surface area (Å²) in [5, 5.41) is 0. The predicted octanol–water partition coefficient (Wildman–Crippen LogP) is 1.35. The summed E-state index contributed by atoms with van der Waals surface area (Å²) in [5.74, 6) is 0.448. The van der Waals surface area contributed by atoms with Crippen LogP contribution in [-0.4, -0.2) is 38.8 Å². The molecule has 0 aromatic rings. The zero-order chi connectivity index (χ0) is 12.2. The van der Waals surface area contributed by atoms with Gasteiger partial charge in [-0.2, -0.15) is 0 Å². The zero-order valence-corrected chi connectivity index (χ0v) is 11.4. The van der Waals surface area contributed by atoms with Crippen molar-refractivity contribution in [2.75, 3.05) is 18.2 Å². The van der Waals surface area contributed by atoms with Crippen LogP contribution in [0.2, 0.25) is 0 Å². The molecule has 3 atom stereocenters. The lowest BCUT2D eigenvalue weighted by Crippen LogP contribution is -2.43. The van der Waals surface area contributed by atoms with Gasteiger partial charge in [0.15, 0.2) is 0 Å². The van der Waals surface area contributed by atoms with Gasteiger partial charge in [0.1, 0.15) is 0 Å². The Morgan fingerprint density at radius 2 is 2.25 bits per heavy atom. The number of sulfonamides is 1. The van der Waals surface area contributed by atoms with E-state index in [1.807, 2.05) is 13.8 Å². The highest BCUT2D eigenvalue weighted by Gasteiger charge is 2.24. The summed E-state index contributed by atoms with van der Waals surface area (Å²) in [6, 6.07) is 0.0104. The topological polar surface area (TPSA) is 55.4 Å². The summed E-state index contributed by atoms with van der Waals surface area (Å²) in [6.07, 6.45) is 1.62. The molecular formula is C10H20ClNO3S. The fourth-order valence-corrected chi connectivity index (χ4v) is 3.75. The van der Waals surface area contributed by atoms with Crippen LogP contribution >= 0.6 is 11.6 Å². The minimum atomic E-state index is -3.21. The van der Waals surface area contributed by atoms with Crippen molar-refractivity contribution in [1.29, 1.82) is 0 Å². The highest BCUT2D eigenvalue weighted by atomic mass is 35.5. The molecule has 1 saturated heterocycles. The normalized spacial score (nSPS) is 28.9. The van der Waals surface area contributed by atoms with E-state index < -0.39 is 10.0 Å². The van der Waals surface area contributed by atoms with Gasteiger partial charge in [-0.1, -0.05) is 6.92 Å². The van der Waals surface area contributed by atoms with Gasteiger partial charge < -0.3 is 4.74 Å². The van der Waals surface area contributed by atoms with Crippen LogP contribution in [0, 0.1) is 5.92 Å². The van der Waals surface area contributed by atoms with E-state index in [1.54, 1.807) is 0 Å². The Balaban J connectivity index is 2.45. The van der Waals surface area contributed by atoms with Crippen LogP contribution in [0.25, 0.3) is 0 Å². The van der Waals surface area contributed by atoms with Crippen molar-refractivity contribution in [2.45, 2.75) is 38.8 Å². The molecule has 1 N–H and O–H groups in total. The van der Waals surface area contributed by atoms with Gasteiger partial charge in [-0.15, -0.1) is 11.6 Å². The van der Waals surface area contributed by atoms with Crippen LogP contribution in [0.1, 0.15) is 26.7 Å². The number of hydrogen-bond acceptors (Lipinski definition) is 3. The van der Waals surface area contributed by atoms with E-state index in [-0.39, 0.29) is 23.8 Å². The monoisotopic (exact) mass is 269 g/mol. The van der Waals surface area contributed by atoms with Crippen LogP contribution in [-0.2, 0) is 14.8 Å². The van der Waals surface area contributed by atoms with Crippen molar-refractivity contribution in [2.24, 2.45) is 5.92 Å². The van der Waals surface area contributed by atoms with Crippen molar-refractivity contribution in [3.8, 4) is 0 Å². The zero-order valence-electron chi connectivity index (χ0n) is 9.78. The molecule has 6 heteroatoms. The molecule has 96 valence electrons.